The van der Waals surface area contributed by atoms with E-state index < -0.39 is 0 Å². The number of carbonyl (C=O) groups is 1. The van der Waals surface area contributed by atoms with Crippen LogP contribution in [0.5, 0.6) is 11.5 Å². The average molecular weight is 344 g/mol. The number of rotatable bonds is 5. The van der Waals surface area contributed by atoms with Crippen LogP contribution in [0.3, 0.4) is 0 Å². The van der Waals surface area contributed by atoms with E-state index in [-0.39, 0.29) is 11.0 Å². The summed E-state index contributed by atoms with van der Waals surface area (Å²) in [4.78, 5) is 12.4. The minimum absolute atomic E-state index is 0.235. The van der Waals surface area contributed by atoms with Crippen molar-refractivity contribution in [2.45, 2.75) is 13.3 Å². The molecule has 126 valence electrons. The number of carbonyl (C=O) groups excluding carboxylic acids is 1. The Balaban J connectivity index is 2.10. The Kier molecular flexibility index (Phi) is 6.14. The first-order valence-corrected chi connectivity index (χ1v) is 7.92. The van der Waals surface area contributed by atoms with E-state index in [1.807, 2.05) is 24.3 Å². The molecule has 0 saturated heterocycles. The van der Waals surface area contributed by atoms with Gasteiger partial charge in [0.25, 0.3) is 5.91 Å². The summed E-state index contributed by atoms with van der Waals surface area (Å²) >= 11 is 5.24. The minimum atomic E-state index is -0.346. The van der Waals surface area contributed by atoms with Gasteiger partial charge in [-0.1, -0.05) is 25.1 Å². The molecule has 0 saturated carbocycles. The first-order valence-electron chi connectivity index (χ1n) is 7.51. The number of anilines is 1. The lowest BCUT2D eigenvalue weighted by Crippen LogP contribution is -2.34. The van der Waals surface area contributed by atoms with Gasteiger partial charge >= 0.3 is 0 Å². The van der Waals surface area contributed by atoms with Crippen molar-refractivity contribution in [3.8, 4) is 11.5 Å². The van der Waals surface area contributed by atoms with Crippen molar-refractivity contribution in [3.05, 3.63) is 53.6 Å². The number of ether oxygens (including phenoxy) is 2. The molecule has 2 rings (SSSR count). The molecule has 2 aromatic carbocycles. The van der Waals surface area contributed by atoms with E-state index in [4.69, 9.17) is 21.7 Å². The van der Waals surface area contributed by atoms with E-state index in [1.54, 1.807) is 25.3 Å². The number of methoxy groups -OCH3 is 2. The van der Waals surface area contributed by atoms with Crippen molar-refractivity contribution >= 4 is 28.9 Å². The van der Waals surface area contributed by atoms with E-state index in [0.717, 1.165) is 17.7 Å². The van der Waals surface area contributed by atoms with Crippen LogP contribution in [0.25, 0.3) is 0 Å². The number of aryl methyl sites for hydroxylation is 1. The third kappa shape index (κ3) is 4.23. The molecular formula is C18H20N2O3S. The lowest BCUT2D eigenvalue weighted by molar-refractivity contribution is 0.0974. The second-order valence-electron chi connectivity index (χ2n) is 4.99. The zero-order valence-electron chi connectivity index (χ0n) is 13.9. The third-order valence-corrected chi connectivity index (χ3v) is 3.73. The number of para-hydroxylation sites is 1. The van der Waals surface area contributed by atoms with Crippen molar-refractivity contribution in [2.24, 2.45) is 0 Å². The van der Waals surface area contributed by atoms with Gasteiger partial charge in [-0.3, -0.25) is 10.1 Å². The molecule has 0 fully saturated rings. The number of benzene rings is 2. The van der Waals surface area contributed by atoms with Crippen LogP contribution in [0.15, 0.2) is 42.5 Å². The molecule has 0 aromatic heterocycles. The van der Waals surface area contributed by atoms with Crippen molar-refractivity contribution in [1.82, 2.24) is 5.32 Å². The van der Waals surface area contributed by atoms with Crippen molar-refractivity contribution in [2.75, 3.05) is 19.5 Å². The van der Waals surface area contributed by atoms with Crippen LogP contribution in [0.1, 0.15) is 22.8 Å². The van der Waals surface area contributed by atoms with Crippen molar-refractivity contribution in [3.63, 3.8) is 0 Å². The van der Waals surface area contributed by atoms with Gasteiger partial charge in [-0.05, 0) is 42.4 Å². The molecule has 0 heterocycles. The fraction of sp³-hybridized carbons (Fsp3) is 0.222. The smallest absolute Gasteiger partial charge is 0.261 e. The van der Waals surface area contributed by atoms with Crippen LogP contribution in [-0.4, -0.2) is 25.2 Å². The molecule has 0 atom stereocenters. The van der Waals surface area contributed by atoms with Gasteiger partial charge in [0.1, 0.15) is 11.5 Å². The van der Waals surface area contributed by atoms with Gasteiger partial charge in [-0.25, -0.2) is 0 Å². The molecule has 0 aliphatic heterocycles. The van der Waals surface area contributed by atoms with E-state index in [9.17, 15) is 4.79 Å². The average Bonchev–Trinajstić information content (AvgIpc) is 2.61. The van der Waals surface area contributed by atoms with Crippen molar-refractivity contribution in [1.29, 1.82) is 0 Å². The summed E-state index contributed by atoms with van der Waals surface area (Å²) in [6.45, 7) is 2.06. The number of hydrogen-bond acceptors (Lipinski definition) is 4. The lowest BCUT2D eigenvalue weighted by Gasteiger charge is -2.14. The van der Waals surface area contributed by atoms with Crippen LogP contribution in [0.2, 0.25) is 0 Å². The standard InChI is InChI=1S/C18H20N2O3S/c1-4-12-7-5-6-8-15(12)19-18(24)20-17(21)14-10-9-13(22-2)11-16(14)23-3/h5-11H,4H2,1-3H3,(H2,19,20,21,24). The van der Waals surface area contributed by atoms with Gasteiger partial charge in [-0.15, -0.1) is 0 Å². The highest BCUT2D eigenvalue weighted by Crippen LogP contribution is 2.24. The van der Waals surface area contributed by atoms with Gasteiger partial charge in [0.2, 0.25) is 0 Å². The number of amides is 1. The van der Waals surface area contributed by atoms with Gasteiger partial charge in [0.15, 0.2) is 5.11 Å². The van der Waals surface area contributed by atoms with Gasteiger partial charge in [0.05, 0.1) is 19.8 Å². The predicted molar refractivity (Wildman–Crippen MR) is 99.1 cm³/mol. The van der Waals surface area contributed by atoms with Crippen molar-refractivity contribution < 1.29 is 14.3 Å². The van der Waals surface area contributed by atoms with E-state index in [1.165, 1.54) is 7.11 Å². The third-order valence-electron chi connectivity index (χ3n) is 3.53. The molecule has 0 aliphatic carbocycles. The van der Waals surface area contributed by atoms with Gasteiger partial charge in [-0.2, -0.15) is 0 Å². The highest BCUT2D eigenvalue weighted by molar-refractivity contribution is 7.80. The molecule has 5 nitrogen and oxygen atoms in total. The maximum Gasteiger partial charge on any atom is 0.261 e. The second kappa shape index (κ2) is 8.31. The largest absolute Gasteiger partial charge is 0.497 e. The Morgan fingerprint density at radius 2 is 1.88 bits per heavy atom. The summed E-state index contributed by atoms with van der Waals surface area (Å²) in [5.74, 6) is 0.686. The fourth-order valence-corrected chi connectivity index (χ4v) is 2.46. The number of nitrogens with one attached hydrogen (secondary N) is 2. The van der Waals surface area contributed by atoms with Crippen LogP contribution in [0, 0.1) is 0 Å². The maximum absolute atomic E-state index is 12.4. The molecule has 2 N–H and O–H groups in total. The highest BCUT2D eigenvalue weighted by atomic mass is 32.1. The molecule has 0 spiro atoms. The summed E-state index contributed by atoms with van der Waals surface area (Å²) < 4.78 is 10.4. The Hall–Kier alpha value is -2.60. The SMILES string of the molecule is CCc1ccccc1NC(=S)NC(=O)c1ccc(OC)cc1OC. The lowest BCUT2D eigenvalue weighted by atomic mass is 10.1. The van der Waals surface area contributed by atoms with Gasteiger partial charge in [0, 0.05) is 11.8 Å². The summed E-state index contributed by atoms with van der Waals surface area (Å²) in [5.41, 5.74) is 2.38. The van der Waals surface area contributed by atoms with E-state index >= 15 is 0 Å². The summed E-state index contributed by atoms with van der Waals surface area (Å²) in [5, 5.41) is 5.96. The van der Waals surface area contributed by atoms with Crippen LogP contribution in [0.4, 0.5) is 5.69 Å². The molecule has 6 heteroatoms. The molecule has 0 radical (unpaired) electrons. The van der Waals surface area contributed by atoms with Gasteiger partial charge < -0.3 is 14.8 Å². The zero-order chi connectivity index (χ0) is 17.5. The van der Waals surface area contributed by atoms with E-state index in [2.05, 4.69) is 17.6 Å². The second-order valence-corrected chi connectivity index (χ2v) is 5.39. The minimum Gasteiger partial charge on any atom is -0.497 e. The number of thiocarbonyl (C=S) groups is 1. The Bertz CT molecular complexity index is 747. The van der Waals surface area contributed by atoms with Crippen LogP contribution in [-0.2, 0) is 6.42 Å². The molecule has 2 aromatic rings. The topological polar surface area (TPSA) is 59.6 Å². The molecule has 24 heavy (non-hydrogen) atoms. The first kappa shape index (κ1) is 17.7. The molecule has 1 amide bonds. The highest BCUT2D eigenvalue weighted by Gasteiger charge is 2.15. The molecule has 0 aliphatic rings. The molecular weight excluding hydrogens is 324 g/mol. The Morgan fingerprint density at radius 3 is 2.54 bits per heavy atom. The molecule has 0 unspecified atom stereocenters. The summed E-state index contributed by atoms with van der Waals surface area (Å²) in [7, 11) is 3.05. The molecule has 0 bridgehead atoms. The maximum atomic E-state index is 12.4. The predicted octanol–water partition coefficient (Wildman–Crippen LogP) is 3.39. The van der Waals surface area contributed by atoms with Crippen LogP contribution >= 0.6 is 12.2 Å². The quantitative estimate of drug-likeness (QED) is 0.814. The Morgan fingerprint density at radius 1 is 1.12 bits per heavy atom. The normalized spacial score (nSPS) is 9.96. The van der Waals surface area contributed by atoms with E-state index in [0.29, 0.717) is 17.1 Å². The Labute approximate surface area is 147 Å². The summed E-state index contributed by atoms with van der Waals surface area (Å²) in [6.07, 6.45) is 0.867. The fourth-order valence-electron chi connectivity index (χ4n) is 2.26. The first-order chi connectivity index (χ1) is 11.6. The zero-order valence-corrected chi connectivity index (χ0v) is 14.7. The monoisotopic (exact) mass is 344 g/mol. The van der Waals surface area contributed by atoms with Crippen LogP contribution < -0.4 is 20.1 Å². The summed E-state index contributed by atoms with van der Waals surface area (Å²) in [6, 6.07) is 12.8. The number of hydrogen-bond donors (Lipinski definition) is 2.